The lowest BCUT2D eigenvalue weighted by Crippen LogP contribution is -2.40. The highest BCUT2D eigenvalue weighted by molar-refractivity contribution is 4.82. The van der Waals surface area contributed by atoms with E-state index >= 15 is 0 Å². The second-order valence-corrected chi connectivity index (χ2v) is 9.59. The molecule has 1 aliphatic carbocycles. The summed E-state index contributed by atoms with van der Waals surface area (Å²) >= 11 is 0. The molecule has 0 spiro atoms. The molecule has 2 rings (SSSR count). The standard InChI is InChI=1S/C22H43N/c1-15-8-7-9-21-10-11-22(14-21)13-17(3)19(5)16(2)12-18(4)23-20(15)6/h15-23H,7-14H2,1-6H3. The molecule has 23 heavy (non-hydrogen) atoms. The Balaban J connectivity index is 2.01. The van der Waals surface area contributed by atoms with Crippen molar-refractivity contribution in [3.8, 4) is 0 Å². The summed E-state index contributed by atoms with van der Waals surface area (Å²) in [4.78, 5) is 0. The van der Waals surface area contributed by atoms with E-state index in [4.69, 9.17) is 0 Å². The highest BCUT2D eigenvalue weighted by Gasteiger charge is 2.29. The second-order valence-electron chi connectivity index (χ2n) is 9.59. The molecule has 0 aromatic carbocycles. The molecule has 1 heteroatoms. The van der Waals surface area contributed by atoms with E-state index in [1.807, 2.05) is 0 Å². The number of rotatable bonds is 0. The first-order valence-corrected chi connectivity index (χ1v) is 10.6. The Hall–Kier alpha value is -0.0400. The van der Waals surface area contributed by atoms with E-state index in [1.54, 1.807) is 0 Å². The van der Waals surface area contributed by atoms with Crippen molar-refractivity contribution in [3.05, 3.63) is 0 Å². The molecule has 2 fully saturated rings. The van der Waals surface area contributed by atoms with Crippen molar-refractivity contribution >= 4 is 0 Å². The summed E-state index contributed by atoms with van der Waals surface area (Å²) in [6.45, 7) is 14.8. The fourth-order valence-corrected chi connectivity index (χ4v) is 5.39. The normalized spacial score (nSPS) is 47.7. The highest BCUT2D eigenvalue weighted by atomic mass is 14.9. The van der Waals surface area contributed by atoms with Crippen molar-refractivity contribution in [1.29, 1.82) is 0 Å². The van der Waals surface area contributed by atoms with Gasteiger partial charge in [-0.15, -0.1) is 0 Å². The van der Waals surface area contributed by atoms with Crippen LogP contribution in [-0.2, 0) is 0 Å². The number of nitrogens with one attached hydrogen (secondary N) is 1. The molecule has 0 amide bonds. The van der Waals surface area contributed by atoms with Crippen LogP contribution in [0.4, 0.5) is 0 Å². The van der Waals surface area contributed by atoms with Crippen molar-refractivity contribution in [1.82, 2.24) is 5.32 Å². The predicted molar refractivity (Wildman–Crippen MR) is 103 cm³/mol. The van der Waals surface area contributed by atoms with Gasteiger partial charge in [0.25, 0.3) is 0 Å². The van der Waals surface area contributed by atoms with Crippen LogP contribution in [0.2, 0.25) is 0 Å². The minimum Gasteiger partial charge on any atom is -0.312 e. The maximum atomic E-state index is 3.90. The third kappa shape index (κ3) is 5.76. The van der Waals surface area contributed by atoms with Crippen LogP contribution in [0.5, 0.6) is 0 Å². The molecule has 1 nitrogen and oxygen atoms in total. The molecule has 1 N–H and O–H groups in total. The molecule has 0 aromatic rings. The van der Waals surface area contributed by atoms with Crippen LogP contribution in [0.25, 0.3) is 0 Å². The van der Waals surface area contributed by atoms with Crippen LogP contribution in [0.1, 0.15) is 92.9 Å². The Kier molecular flexibility index (Phi) is 7.45. The van der Waals surface area contributed by atoms with Crippen LogP contribution in [0.15, 0.2) is 0 Å². The largest absolute Gasteiger partial charge is 0.312 e. The van der Waals surface area contributed by atoms with E-state index in [0.717, 1.165) is 35.5 Å². The molecule has 1 aliphatic heterocycles. The van der Waals surface area contributed by atoms with Crippen molar-refractivity contribution in [2.45, 2.75) is 105 Å². The molecule has 0 radical (unpaired) electrons. The summed E-state index contributed by atoms with van der Waals surface area (Å²) in [7, 11) is 0. The Morgan fingerprint density at radius 1 is 0.609 bits per heavy atom. The molecule has 136 valence electrons. The molecule has 8 unspecified atom stereocenters. The fourth-order valence-electron chi connectivity index (χ4n) is 5.39. The van der Waals surface area contributed by atoms with Crippen LogP contribution in [0.3, 0.4) is 0 Å². The summed E-state index contributed by atoms with van der Waals surface area (Å²) in [6.07, 6.45) is 11.7. The topological polar surface area (TPSA) is 12.0 Å². The third-order valence-electron chi connectivity index (χ3n) is 7.55. The first-order chi connectivity index (χ1) is 10.9. The van der Waals surface area contributed by atoms with Gasteiger partial charge in [-0.05, 0) is 75.0 Å². The van der Waals surface area contributed by atoms with E-state index in [-0.39, 0.29) is 0 Å². The first kappa shape index (κ1) is 19.3. The van der Waals surface area contributed by atoms with Gasteiger partial charge < -0.3 is 5.32 Å². The molecule has 0 aromatic heterocycles. The Labute approximate surface area is 146 Å². The van der Waals surface area contributed by atoms with Gasteiger partial charge in [-0.2, -0.15) is 0 Å². The molecule has 2 aliphatic rings. The van der Waals surface area contributed by atoms with Crippen molar-refractivity contribution in [2.75, 3.05) is 0 Å². The van der Waals surface area contributed by atoms with Gasteiger partial charge in [0.05, 0.1) is 0 Å². The number of hydrogen-bond donors (Lipinski definition) is 1. The minimum absolute atomic E-state index is 0.652. The van der Waals surface area contributed by atoms with Gasteiger partial charge in [-0.3, -0.25) is 0 Å². The van der Waals surface area contributed by atoms with Gasteiger partial charge in [-0.1, -0.05) is 53.4 Å². The maximum absolute atomic E-state index is 3.90. The Morgan fingerprint density at radius 3 is 2.00 bits per heavy atom. The predicted octanol–water partition coefficient (Wildman–Crippen LogP) is 6.28. The van der Waals surface area contributed by atoms with Gasteiger partial charge in [0.1, 0.15) is 0 Å². The van der Waals surface area contributed by atoms with Crippen LogP contribution in [-0.4, -0.2) is 12.1 Å². The van der Waals surface area contributed by atoms with Crippen molar-refractivity contribution < 1.29 is 0 Å². The zero-order chi connectivity index (χ0) is 17.0. The summed E-state index contributed by atoms with van der Waals surface area (Å²) < 4.78 is 0. The maximum Gasteiger partial charge on any atom is 0.00668 e. The summed E-state index contributed by atoms with van der Waals surface area (Å²) in [5.74, 6) is 5.46. The van der Waals surface area contributed by atoms with Crippen molar-refractivity contribution in [2.24, 2.45) is 35.5 Å². The molecule has 1 heterocycles. The van der Waals surface area contributed by atoms with Gasteiger partial charge >= 0.3 is 0 Å². The monoisotopic (exact) mass is 321 g/mol. The average Bonchev–Trinajstić information content (AvgIpc) is 2.92. The van der Waals surface area contributed by atoms with Gasteiger partial charge in [0.2, 0.25) is 0 Å². The van der Waals surface area contributed by atoms with Gasteiger partial charge in [0, 0.05) is 12.1 Å². The lowest BCUT2D eigenvalue weighted by molar-refractivity contribution is 0.208. The van der Waals surface area contributed by atoms with E-state index in [1.165, 1.54) is 51.4 Å². The number of fused-ring (bicyclic) bond motifs is 2. The molecule has 2 bridgehead atoms. The van der Waals surface area contributed by atoms with Gasteiger partial charge in [-0.25, -0.2) is 0 Å². The Bertz CT molecular complexity index is 339. The highest BCUT2D eigenvalue weighted by Crippen LogP contribution is 2.40. The summed E-state index contributed by atoms with van der Waals surface area (Å²) in [5.41, 5.74) is 0. The average molecular weight is 322 g/mol. The van der Waals surface area contributed by atoms with Gasteiger partial charge in [0.15, 0.2) is 0 Å². The minimum atomic E-state index is 0.652. The fraction of sp³-hybridized carbons (Fsp3) is 1.00. The Morgan fingerprint density at radius 2 is 1.26 bits per heavy atom. The quantitative estimate of drug-likeness (QED) is 0.554. The van der Waals surface area contributed by atoms with E-state index in [0.29, 0.717) is 12.1 Å². The van der Waals surface area contributed by atoms with Crippen molar-refractivity contribution in [3.63, 3.8) is 0 Å². The molecular formula is C22H43N. The SMILES string of the molecule is CC1CC(C)C(C)C(C)CC2CCC(CCCC(C)C(C)N1)C2. The zero-order valence-corrected chi connectivity index (χ0v) is 16.8. The molecule has 1 saturated heterocycles. The zero-order valence-electron chi connectivity index (χ0n) is 16.8. The van der Waals surface area contributed by atoms with Crippen LogP contribution >= 0.6 is 0 Å². The van der Waals surface area contributed by atoms with E-state index in [9.17, 15) is 0 Å². The third-order valence-corrected chi connectivity index (χ3v) is 7.55. The number of hydrogen-bond acceptors (Lipinski definition) is 1. The second kappa shape index (κ2) is 8.88. The lowest BCUT2D eigenvalue weighted by Gasteiger charge is -2.32. The molecular weight excluding hydrogens is 278 g/mol. The van der Waals surface area contributed by atoms with E-state index in [2.05, 4.69) is 46.9 Å². The lowest BCUT2D eigenvalue weighted by atomic mass is 9.77. The van der Waals surface area contributed by atoms with E-state index < -0.39 is 0 Å². The van der Waals surface area contributed by atoms with Crippen LogP contribution < -0.4 is 5.32 Å². The van der Waals surface area contributed by atoms with Crippen LogP contribution in [0, 0.1) is 35.5 Å². The first-order valence-electron chi connectivity index (χ1n) is 10.6. The summed E-state index contributed by atoms with van der Waals surface area (Å²) in [6, 6.07) is 1.31. The smallest absolute Gasteiger partial charge is 0.00668 e. The summed E-state index contributed by atoms with van der Waals surface area (Å²) in [5, 5.41) is 3.90. The molecule has 1 saturated carbocycles. The molecule has 8 atom stereocenters.